The standard InChI is InChI=1S/C9H15NO2/c1-11-4-3-9(10)6-8-2-5-12-7-8/h2,5,7,9H,3-4,6,10H2,1H3. The maximum atomic E-state index is 5.83. The van der Waals surface area contributed by atoms with Crippen molar-refractivity contribution in [3.8, 4) is 0 Å². The lowest BCUT2D eigenvalue weighted by Crippen LogP contribution is -2.24. The van der Waals surface area contributed by atoms with Crippen LogP contribution in [0.4, 0.5) is 0 Å². The summed E-state index contributed by atoms with van der Waals surface area (Å²) in [5.74, 6) is 0. The summed E-state index contributed by atoms with van der Waals surface area (Å²) in [6.07, 6.45) is 5.15. The number of hydrogen-bond acceptors (Lipinski definition) is 3. The molecular weight excluding hydrogens is 154 g/mol. The lowest BCUT2D eigenvalue weighted by molar-refractivity contribution is 0.188. The molecule has 1 heterocycles. The normalized spacial score (nSPS) is 13.2. The zero-order valence-corrected chi connectivity index (χ0v) is 7.32. The van der Waals surface area contributed by atoms with E-state index in [-0.39, 0.29) is 6.04 Å². The van der Waals surface area contributed by atoms with Crippen LogP contribution in [0, 0.1) is 0 Å². The van der Waals surface area contributed by atoms with Gasteiger partial charge in [0, 0.05) is 19.8 Å². The van der Waals surface area contributed by atoms with Crippen LogP contribution in [0.2, 0.25) is 0 Å². The predicted octanol–water partition coefficient (Wildman–Crippen LogP) is 1.19. The Morgan fingerprint density at radius 3 is 3.08 bits per heavy atom. The van der Waals surface area contributed by atoms with E-state index in [4.69, 9.17) is 14.9 Å². The lowest BCUT2D eigenvalue weighted by Gasteiger charge is -2.08. The molecule has 1 aromatic heterocycles. The first-order valence-electron chi connectivity index (χ1n) is 4.08. The molecule has 3 heteroatoms. The van der Waals surface area contributed by atoms with Crippen LogP contribution in [-0.4, -0.2) is 19.8 Å². The van der Waals surface area contributed by atoms with Crippen molar-refractivity contribution in [3.05, 3.63) is 24.2 Å². The largest absolute Gasteiger partial charge is 0.472 e. The van der Waals surface area contributed by atoms with Crippen LogP contribution in [-0.2, 0) is 11.2 Å². The quantitative estimate of drug-likeness (QED) is 0.720. The molecule has 0 aliphatic heterocycles. The molecule has 0 fully saturated rings. The summed E-state index contributed by atoms with van der Waals surface area (Å²) in [5.41, 5.74) is 6.98. The first-order chi connectivity index (χ1) is 5.83. The van der Waals surface area contributed by atoms with E-state index in [1.54, 1.807) is 19.6 Å². The molecule has 0 aliphatic rings. The summed E-state index contributed by atoms with van der Waals surface area (Å²) in [4.78, 5) is 0. The average molecular weight is 169 g/mol. The Bertz CT molecular complexity index is 196. The van der Waals surface area contributed by atoms with Gasteiger partial charge in [-0.05, 0) is 24.5 Å². The fourth-order valence-electron chi connectivity index (χ4n) is 1.08. The van der Waals surface area contributed by atoms with Crippen LogP contribution >= 0.6 is 0 Å². The second kappa shape index (κ2) is 4.95. The molecule has 1 unspecified atom stereocenters. The maximum absolute atomic E-state index is 5.83. The van der Waals surface area contributed by atoms with Crippen LogP contribution in [0.3, 0.4) is 0 Å². The van der Waals surface area contributed by atoms with Crippen molar-refractivity contribution in [1.82, 2.24) is 0 Å². The Labute approximate surface area is 72.5 Å². The van der Waals surface area contributed by atoms with E-state index < -0.39 is 0 Å². The van der Waals surface area contributed by atoms with E-state index in [0.29, 0.717) is 0 Å². The summed E-state index contributed by atoms with van der Waals surface area (Å²) in [7, 11) is 1.69. The van der Waals surface area contributed by atoms with Crippen molar-refractivity contribution < 1.29 is 9.15 Å². The predicted molar refractivity (Wildman–Crippen MR) is 46.9 cm³/mol. The van der Waals surface area contributed by atoms with Gasteiger partial charge in [-0.2, -0.15) is 0 Å². The van der Waals surface area contributed by atoms with Gasteiger partial charge in [-0.3, -0.25) is 0 Å². The van der Waals surface area contributed by atoms with Crippen LogP contribution in [0.15, 0.2) is 23.0 Å². The summed E-state index contributed by atoms with van der Waals surface area (Å²) >= 11 is 0. The molecule has 0 aromatic carbocycles. The Kier molecular flexibility index (Phi) is 3.84. The van der Waals surface area contributed by atoms with Gasteiger partial charge in [0.2, 0.25) is 0 Å². The first kappa shape index (κ1) is 9.29. The van der Waals surface area contributed by atoms with Gasteiger partial charge in [0.1, 0.15) is 0 Å². The minimum atomic E-state index is 0.169. The first-order valence-corrected chi connectivity index (χ1v) is 4.08. The fourth-order valence-corrected chi connectivity index (χ4v) is 1.08. The van der Waals surface area contributed by atoms with Gasteiger partial charge in [-0.15, -0.1) is 0 Å². The van der Waals surface area contributed by atoms with Gasteiger partial charge in [-0.1, -0.05) is 0 Å². The van der Waals surface area contributed by atoms with Gasteiger partial charge < -0.3 is 14.9 Å². The molecule has 2 N–H and O–H groups in total. The van der Waals surface area contributed by atoms with Crippen LogP contribution in [0.1, 0.15) is 12.0 Å². The monoisotopic (exact) mass is 169 g/mol. The molecule has 0 amide bonds. The van der Waals surface area contributed by atoms with Crippen LogP contribution in [0.25, 0.3) is 0 Å². The molecule has 0 saturated carbocycles. The molecule has 0 radical (unpaired) electrons. The lowest BCUT2D eigenvalue weighted by atomic mass is 10.1. The van der Waals surface area contributed by atoms with Gasteiger partial charge in [0.05, 0.1) is 12.5 Å². The number of hydrogen-bond donors (Lipinski definition) is 1. The number of rotatable bonds is 5. The van der Waals surface area contributed by atoms with E-state index >= 15 is 0 Å². The molecule has 1 atom stereocenters. The van der Waals surface area contributed by atoms with Crippen molar-refractivity contribution in [2.24, 2.45) is 5.73 Å². The second-order valence-electron chi connectivity index (χ2n) is 2.88. The van der Waals surface area contributed by atoms with Crippen molar-refractivity contribution in [3.63, 3.8) is 0 Å². The SMILES string of the molecule is COCCC(N)Cc1ccoc1. The summed E-state index contributed by atoms with van der Waals surface area (Å²) in [5, 5.41) is 0. The van der Waals surface area contributed by atoms with E-state index in [1.165, 1.54) is 0 Å². The molecule has 1 aromatic rings. The Balaban J connectivity index is 2.22. The highest BCUT2D eigenvalue weighted by Crippen LogP contribution is 2.04. The molecule has 0 aliphatic carbocycles. The Hall–Kier alpha value is -0.800. The molecule has 0 spiro atoms. The zero-order chi connectivity index (χ0) is 8.81. The van der Waals surface area contributed by atoms with Crippen molar-refractivity contribution in [1.29, 1.82) is 0 Å². The maximum Gasteiger partial charge on any atom is 0.0935 e. The number of ether oxygens (including phenoxy) is 1. The van der Waals surface area contributed by atoms with E-state index in [9.17, 15) is 0 Å². The molecule has 0 saturated heterocycles. The number of nitrogens with two attached hydrogens (primary N) is 1. The minimum Gasteiger partial charge on any atom is -0.472 e. The summed E-state index contributed by atoms with van der Waals surface area (Å²) in [6, 6.07) is 2.11. The van der Waals surface area contributed by atoms with Crippen LogP contribution < -0.4 is 5.73 Å². The molecule has 68 valence electrons. The number of furan rings is 1. The zero-order valence-electron chi connectivity index (χ0n) is 7.32. The average Bonchev–Trinajstić information content (AvgIpc) is 2.53. The van der Waals surface area contributed by atoms with Gasteiger partial charge in [0.15, 0.2) is 0 Å². The van der Waals surface area contributed by atoms with E-state index in [2.05, 4.69) is 0 Å². The van der Waals surface area contributed by atoms with Gasteiger partial charge in [0.25, 0.3) is 0 Å². The third kappa shape index (κ3) is 3.07. The van der Waals surface area contributed by atoms with Gasteiger partial charge >= 0.3 is 0 Å². The summed E-state index contributed by atoms with van der Waals surface area (Å²) in [6.45, 7) is 0.721. The van der Waals surface area contributed by atoms with Crippen LogP contribution in [0.5, 0.6) is 0 Å². The van der Waals surface area contributed by atoms with E-state index in [1.807, 2.05) is 6.07 Å². The molecule has 0 bridgehead atoms. The minimum absolute atomic E-state index is 0.169. The van der Waals surface area contributed by atoms with Crippen molar-refractivity contribution >= 4 is 0 Å². The number of methoxy groups -OCH3 is 1. The molecule has 3 nitrogen and oxygen atoms in total. The Morgan fingerprint density at radius 1 is 1.67 bits per heavy atom. The molecule has 1 rings (SSSR count). The smallest absolute Gasteiger partial charge is 0.0935 e. The van der Waals surface area contributed by atoms with Crippen molar-refractivity contribution in [2.45, 2.75) is 18.9 Å². The molecular formula is C9H15NO2. The van der Waals surface area contributed by atoms with E-state index in [0.717, 1.165) is 25.0 Å². The topological polar surface area (TPSA) is 48.4 Å². The highest BCUT2D eigenvalue weighted by molar-refractivity contribution is 5.06. The Morgan fingerprint density at radius 2 is 2.50 bits per heavy atom. The summed E-state index contributed by atoms with van der Waals surface area (Å²) < 4.78 is 9.86. The van der Waals surface area contributed by atoms with Crippen molar-refractivity contribution in [2.75, 3.05) is 13.7 Å². The second-order valence-corrected chi connectivity index (χ2v) is 2.88. The fraction of sp³-hybridized carbons (Fsp3) is 0.556. The highest BCUT2D eigenvalue weighted by atomic mass is 16.5. The molecule has 12 heavy (non-hydrogen) atoms. The van der Waals surface area contributed by atoms with Gasteiger partial charge in [-0.25, -0.2) is 0 Å². The third-order valence-corrected chi connectivity index (χ3v) is 1.77. The third-order valence-electron chi connectivity index (χ3n) is 1.77. The highest BCUT2D eigenvalue weighted by Gasteiger charge is 2.03.